The van der Waals surface area contributed by atoms with Crippen molar-refractivity contribution >= 4 is 22.8 Å². The van der Waals surface area contributed by atoms with Crippen LogP contribution in [0.25, 0.3) is 0 Å². The third-order valence-electron chi connectivity index (χ3n) is 3.63. The second-order valence-corrected chi connectivity index (χ2v) is 6.73. The zero-order chi connectivity index (χ0) is 14.5. The van der Waals surface area contributed by atoms with E-state index in [0.29, 0.717) is 17.7 Å². The second-order valence-electron chi connectivity index (χ2n) is 5.54. The molecule has 3 rings (SSSR count). The van der Waals surface area contributed by atoms with E-state index >= 15 is 0 Å². The Kier molecular flexibility index (Phi) is 4.80. The molecule has 5 heteroatoms. The summed E-state index contributed by atoms with van der Waals surface area (Å²) in [7, 11) is 0. The van der Waals surface area contributed by atoms with Crippen LogP contribution in [0.2, 0.25) is 0 Å². The summed E-state index contributed by atoms with van der Waals surface area (Å²) in [6, 6.07) is 10.9. The molecule has 0 bridgehead atoms. The molecular formula is C16H21N3OS. The predicted molar refractivity (Wildman–Crippen MR) is 87.5 cm³/mol. The summed E-state index contributed by atoms with van der Waals surface area (Å²) in [6.45, 7) is 1.64. The molecule has 0 saturated heterocycles. The minimum atomic E-state index is 0.183. The van der Waals surface area contributed by atoms with Gasteiger partial charge in [0.1, 0.15) is 0 Å². The van der Waals surface area contributed by atoms with E-state index in [0.717, 1.165) is 37.5 Å². The summed E-state index contributed by atoms with van der Waals surface area (Å²) in [4.78, 5) is 16.1. The van der Waals surface area contributed by atoms with E-state index < -0.39 is 0 Å². The van der Waals surface area contributed by atoms with Crippen LogP contribution in [-0.4, -0.2) is 30.2 Å². The first kappa shape index (κ1) is 14.4. The van der Waals surface area contributed by atoms with Crippen molar-refractivity contribution in [3.8, 4) is 0 Å². The molecule has 2 N–H and O–H groups in total. The van der Waals surface area contributed by atoms with Gasteiger partial charge in [-0.15, -0.1) is 0 Å². The summed E-state index contributed by atoms with van der Waals surface area (Å²) in [5.41, 5.74) is 1.33. The molecule has 0 aromatic heterocycles. The Bertz CT molecular complexity index is 514. The van der Waals surface area contributed by atoms with Crippen LogP contribution < -0.4 is 10.6 Å². The molecule has 1 atom stereocenters. The Morgan fingerprint density at radius 2 is 2.10 bits per heavy atom. The summed E-state index contributed by atoms with van der Waals surface area (Å²) < 4.78 is 0. The minimum absolute atomic E-state index is 0.183. The molecule has 1 aliphatic carbocycles. The number of nitrogens with zero attached hydrogens (tertiary/aromatic N) is 1. The quantitative estimate of drug-likeness (QED) is 0.794. The molecule has 0 spiro atoms. The zero-order valence-electron chi connectivity index (χ0n) is 12.0. The number of amides is 1. The summed E-state index contributed by atoms with van der Waals surface area (Å²) in [6.07, 6.45) is 3.76. The van der Waals surface area contributed by atoms with Gasteiger partial charge in [0.2, 0.25) is 5.91 Å². The Balaban J connectivity index is 1.32. The molecule has 21 heavy (non-hydrogen) atoms. The number of nitrogens with one attached hydrogen (secondary N) is 2. The van der Waals surface area contributed by atoms with Crippen LogP contribution in [-0.2, 0) is 4.79 Å². The lowest BCUT2D eigenvalue weighted by atomic mass is 10.1. The third kappa shape index (κ3) is 4.49. The van der Waals surface area contributed by atoms with Gasteiger partial charge in [-0.2, -0.15) is 0 Å². The Labute approximate surface area is 129 Å². The van der Waals surface area contributed by atoms with Gasteiger partial charge in [0.15, 0.2) is 5.17 Å². The fraction of sp³-hybridized carbons (Fsp3) is 0.500. The normalized spacial score (nSPS) is 21.0. The van der Waals surface area contributed by atoms with Crippen molar-refractivity contribution in [2.24, 2.45) is 4.99 Å². The molecule has 1 aliphatic heterocycles. The smallest absolute Gasteiger partial charge is 0.220 e. The van der Waals surface area contributed by atoms with Crippen molar-refractivity contribution in [1.29, 1.82) is 0 Å². The highest BCUT2D eigenvalue weighted by Gasteiger charge is 2.23. The van der Waals surface area contributed by atoms with E-state index in [2.05, 4.69) is 39.9 Å². The van der Waals surface area contributed by atoms with Gasteiger partial charge in [0, 0.05) is 19.0 Å². The van der Waals surface area contributed by atoms with Gasteiger partial charge in [-0.1, -0.05) is 42.1 Å². The molecule has 2 aliphatic rings. The van der Waals surface area contributed by atoms with E-state index in [9.17, 15) is 4.79 Å². The number of thioether (sulfide) groups is 1. The van der Waals surface area contributed by atoms with Crippen LogP contribution in [0.3, 0.4) is 0 Å². The molecule has 112 valence electrons. The zero-order valence-corrected chi connectivity index (χ0v) is 12.9. The van der Waals surface area contributed by atoms with Crippen molar-refractivity contribution in [2.75, 3.05) is 13.1 Å². The highest BCUT2D eigenvalue weighted by molar-refractivity contribution is 8.14. The topological polar surface area (TPSA) is 53.5 Å². The molecule has 1 saturated carbocycles. The standard InChI is InChI=1S/C16H21N3OS/c20-15(19-13-8-9-13)7-4-10-17-16-18-11-14(21-16)12-5-2-1-3-6-12/h1-3,5-6,13-14H,4,7-11H2,(H,17,18)(H,19,20). The molecule has 1 aromatic carbocycles. The van der Waals surface area contributed by atoms with Crippen molar-refractivity contribution < 1.29 is 4.79 Å². The molecule has 1 aromatic rings. The van der Waals surface area contributed by atoms with Crippen LogP contribution in [0.1, 0.15) is 36.5 Å². The largest absolute Gasteiger partial charge is 0.365 e. The van der Waals surface area contributed by atoms with Gasteiger partial charge in [-0.3, -0.25) is 9.79 Å². The molecule has 4 nitrogen and oxygen atoms in total. The van der Waals surface area contributed by atoms with E-state index in [4.69, 9.17) is 0 Å². The van der Waals surface area contributed by atoms with Gasteiger partial charge in [-0.05, 0) is 24.8 Å². The van der Waals surface area contributed by atoms with Crippen molar-refractivity contribution in [2.45, 2.75) is 37.0 Å². The molecule has 1 fully saturated rings. The van der Waals surface area contributed by atoms with Gasteiger partial charge < -0.3 is 10.6 Å². The average molecular weight is 303 g/mol. The third-order valence-corrected chi connectivity index (χ3v) is 4.83. The molecule has 0 radical (unpaired) electrons. The van der Waals surface area contributed by atoms with E-state index in [-0.39, 0.29) is 5.91 Å². The van der Waals surface area contributed by atoms with Gasteiger partial charge >= 0.3 is 0 Å². The molecular weight excluding hydrogens is 282 g/mol. The highest BCUT2D eigenvalue weighted by atomic mass is 32.2. The summed E-state index contributed by atoms with van der Waals surface area (Å²) in [5.74, 6) is 0.183. The first-order chi connectivity index (χ1) is 10.3. The Hall–Kier alpha value is -1.49. The summed E-state index contributed by atoms with van der Waals surface area (Å²) in [5, 5.41) is 7.78. The second kappa shape index (κ2) is 6.98. The van der Waals surface area contributed by atoms with Gasteiger partial charge in [0.25, 0.3) is 0 Å². The van der Waals surface area contributed by atoms with Crippen LogP contribution in [0.4, 0.5) is 0 Å². The van der Waals surface area contributed by atoms with E-state index in [1.54, 1.807) is 11.8 Å². The summed E-state index contributed by atoms with van der Waals surface area (Å²) >= 11 is 1.78. The highest BCUT2D eigenvalue weighted by Crippen LogP contribution is 2.34. The first-order valence-electron chi connectivity index (χ1n) is 7.60. The van der Waals surface area contributed by atoms with E-state index in [1.165, 1.54) is 5.56 Å². The maximum atomic E-state index is 11.6. The van der Waals surface area contributed by atoms with Gasteiger partial charge in [0.05, 0.1) is 11.8 Å². The number of carbonyl (C=O) groups is 1. The van der Waals surface area contributed by atoms with Crippen LogP contribution in [0.5, 0.6) is 0 Å². The van der Waals surface area contributed by atoms with Gasteiger partial charge in [-0.25, -0.2) is 0 Å². The molecule has 1 heterocycles. The van der Waals surface area contributed by atoms with Crippen LogP contribution >= 0.6 is 11.8 Å². The van der Waals surface area contributed by atoms with Crippen molar-refractivity contribution in [3.63, 3.8) is 0 Å². The fourth-order valence-corrected chi connectivity index (χ4v) is 3.33. The number of aliphatic imine (C=N–C) groups is 1. The molecule has 1 unspecified atom stereocenters. The lowest BCUT2D eigenvalue weighted by Gasteiger charge is -2.09. The number of amidine groups is 1. The number of benzene rings is 1. The Morgan fingerprint density at radius 3 is 2.86 bits per heavy atom. The minimum Gasteiger partial charge on any atom is -0.365 e. The van der Waals surface area contributed by atoms with E-state index in [1.807, 2.05) is 6.07 Å². The number of hydrogen-bond acceptors (Lipinski definition) is 4. The first-order valence-corrected chi connectivity index (χ1v) is 8.48. The van der Waals surface area contributed by atoms with Crippen molar-refractivity contribution in [3.05, 3.63) is 35.9 Å². The maximum Gasteiger partial charge on any atom is 0.220 e. The lowest BCUT2D eigenvalue weighted by Crippen LogP contribution is -2.27. The fourth-order valence-electron chi connectivity index (χ4n) is 2.29. The molecule has 1 amide bonds. The SMILES string of the molecule is O=C(CCCNC1=NCC(c2ccccc2)S1)NC1CC1. The van der Waals surface area contributed by atoms with Crippen LogP contribution in [0, 0.1) is 0 Å². The lowest BCUT2D eigenvalue weighted by molar-refractivity contribution is -0.121. The predicted octanol–water partition coefficient (Wildman–Crippen LogP) is 2.48. The Morgan fingerprint density at radius 1 is 1.29 bits per heavy atom. The average Bonchev–Trinajstić information content (AvgIpc) is 3.19. The number of rotatable bonds is 6. The maximum absolute atomic E-state index is 11.6. The van der Waals surface area contributed by atoms with Crippen LogP contribution in [0.15, 0.2) is 35.3 Å². The number of hydrogen-bond donors (Lipinski definition) is 2. The monoisotopic (exact) mass is 303 g/mol. The van der Waals surface area contributed by atoms with Crippen molar-refractivity contribution in [1.82, 2.24) is 10.6 Å². The number of carbonyl (C=O) groups excluding carboxylic acids is 1.